The monoisotopic (exact) mass is 263 g/mol. The molecule has 0 fully saturated rings. The van der Waals surface area contributed by atoms with Crippen molar-refractivity contribution in [2.24, 2.45) is 5.92 Å². The summed E-state index contributed by atoms with van der Waals surface area (Å²) in [4.78, 5) is 12.0. The molecule has 1 N–H and O–H groups in total. The van der Waals surface area contributed by atoms with Crippen LogP contribution >= 0.6 is 0 Å². The highest BCUT2D eigenvalue weighted by atomic mass is 16.5. The number of fused-ring (bicyclic) bond motifs is 1. The molecule has 104 valence electrons. The van der Waals surface area contributed by atoms with E-state index in [1.807, 2.05) is 12.1 Å². The fourth-order valence-corrected chi connectivity index (χ4v) is 2.07. The minimum absolute atomic E-state index is 0.302. The number of carbonyl (C=O) groups is 1. The lowest BCUT2D eigenvalue weighted by Gasteiger charge is -2.21. The molecule has 0 saturated heterocycles. The Bertz CT molecular complexity index is 443. The average molecular weight is 263 g/mol. The number of carbonyl (C=O) groups excluding carboxylic acids is 1. The van der Waals surface area contributed by atoms with Crippen LogP contribution in [0.4, 0.5) is 5.69 Å². The van der Waals surface area contributed by atoms with Crippen molar-refractivity contribution in [2.45, 2.75) is 26.7 Å². The first-order valence-electron chi connectivity index (χ1n) is 6.85. The highest BCUT2D eigenvalue weighted by Crippen LogP contribution is 2.31. The number of hydrogen-bond donors (Lipinski definition) is 1. The molecule has 0 spiro atoms. The Hall–Kier alpha value is -1.71. The lowest BCUT2D eigenvalue weighted by Crippen LogP contribution is -2.20. The van der Waals surface area contributed by atoms with Gasteiger partial charge in [0.2, 0.25) is 0 Å². The van der Waals surface area contributed by atoms with E-state index in [9.17, 15) is 4.79 Å². The second kappa shape index (κ2) is 6.45. The molecule has 0 atom stereocenters. The summed E-state index contributed by atoms with van der Waals surface area (Å²) in [5, 5.41) is 3.21. The molecule has 4 heteroatoms. The van der Waals surface area contributed by atoms with Gasteiger partial charge in [-0.2, -0.15) is 0 Å². The van der Waals surface area contributed by atoms with Gasteiger partial charge in [-0.25, -0.2) is 4.79 Å². The van der Waals surface area contributed by atoms with Crippen molar-refractivity contribution in [1.82, 2.24) is 0 Å². The Morgan fingerprint density at radius 1 is 1.47 bits per heavy atom. The zero-order valence-electron chi connectivity index (χ0n) is 11.6. The summed E-state index contributed by atoms with van der Waals surface area (Å²) < 4.78 is 10.9. The summed E-state index contributed by atoms with van der Waals surface area (Å²) in [6.07, 6.45) is 1.97. The third-order valence-electron chi connectivity index (χ3n) is 3.06. The summed E-state index contributed by atoms with van der Waals surface area (Å²) in [6, 6.07) is 5.49. The molecule has 0 bridgehead atoms. The van der Waals surface area contributed by atoms with Crippen molar-refractivity contribution < 1.29 is 14.3 Å². The quantitative estimate of drug-likeness (QED) is 0.655. The van der Waals surface area contributed by atoms with Gasteiger partial charge in [0.15, 0.2) is 5.75 Å². The zero-order valence-corrected chi connectivity index (χ0v) is 11.6. The van der Waals surface area contributed by atoms with Gasteiger partial charge in [0.1, 0.15) is 12.2 Å². The van der Waals surface area contributed by atoms with E-state index in [2.05, 4.69) is 19.2 Å². The molecule has 1 heterocycles. The molecule has 0 radical (unpaired) electrons. The summed E-state index contributed by atoms with van der Waals surface area (Å²) >= 11 is 0. The van der Waals surface area contributed by atoms with Crippen LogP contribution in [-0.4, -0.2) is 25.7 Å². The van der Waals surface area contributed by atoms with Gasteiger partial charge in [-0.1, -0.05) is 19.9 Å². The molecular weight excluding hydrogens is 242 g/mol. The highest BCUT2D eigenvalue weighted by Gasteiger charge is 2.19. The third kappa shape index (κ3) is 3.63. The smallest absolute Gasteiger partial charge is 0.342 e. The van der Waals surface area contributed by atoms with Gasteiger partial charge in [-0.15, -0.1) is 0 Å². The number of nitrogens with one attached hydrogen (secondary N) is 1. The Balaban J connectivity index is 1.95. The van der Waals surface area contributed by atoms with E-state index in [0.29, 0.717) is 30.4 Å². The summed E-state index contributed by atoms with van der Waals surface area (Å²) in [5.74, 6) is 0.947. The summed E-state index contributed by atoms with van der Waals surface area (Å²) in [6.45, 7) is 6.13. The standard InChI is InChI=1S/C15H21NO3/c1-11(2)5-4-9-19-15(17)12-6-3-7-13-14(12)18-10-8-16-13/h3,6-7,11,16H,4-5,8-10H2,1-2H3. The van der Waals surface area contributed by atoms with Gasteiger partial charge in [0, 0.05) is 6.54 Å². The molecule has 1 aromatic carbocycles. The van der Waals surface area contributed by atoms with Crippen LogP contribution in [0, 0.1) is 5.92 Å². The second-order valence-corrected chi connectivity index (χ2v) is 5.13. The lowest BCUT2D eigenvalue weighted by molar-refractivity contribution is 0.0490. The number of ether oxygens (including phenoxy) is 2. The van der Waals surface area contributed by atoms with Crippen LogP contribution < -0.4 is 10.1 Å². The van der Waals surface area contributed by atoms with E-state index in [4.69, 9.17) is 9.47 Å². The first-order valence-corrected chi connectivity index (χ1v) is 6.85. The van der Waals surface area contributed by atoms with Crippen LogP contribution in [0.1, 0.15) is 37.0 Å². The normalized spacial score (nSPS) is 13.4. The molecule has 1 aliphatic rings. The van der Waals surface area contributed by atoms with Gasteiger partial charge >= 0.3 is 5.97 Å². The average Bonchev–Trinajstić information content (AvgIpc) is 2.42. The van der Waals surface area contributed by atoms with Crippen LogP contribution in [0.2, 0.25) is 0 Å². The molecule has 1 aromatic rings. The molecule has 1 aliphatic heterocycles. The van der Waals surface area contributed by atoms with Gasteiger partial charge < -0.3 is 14.8 Å². The Labute approximate surface area is 114 Å². The topological polar surface area (TPSA) is 47.6 Å². The van der Waals surface area contributed by atoms with Crippen LogP contribution in [0.25, 0.3) is 0 Å². The molecule has 0 unspecified atom stereocenters. The molecule has 0 amide bonds. The van der Waals surface area contributed by atoms with E-state index >= 15 is 0 Å². The van der Waals surface area contributed by atoms with E-state index < -0.39 is 0 Å². The van der Waals surface area contributed by atoms with Gasteiger partial charge in [0.25, 0.3) is 0 Å². The van der Waals surface area contributed by atoms with E-state index in [1.165, 1.54) is 0 Å². The van der Waals surface area contributed by atoms with Crippen molar-refractivity contribution in [2.75, 3.05) is 25.1 Å². The van der Waals surface area contributed by atoms with Crippen LogP contribution in [0.3, 0.4) is 0 Å². The van der Waals surface area contributed by atoms with Gasteiger partial charge in [-0.05, 0) is 30.9 Å². The third-order valence-corrected chi connectivity index (χ3v) is 3.06. The molecule has 0 aliphatic carbocycles. The van der Waals surface area contributed by atoms with E-state index in [0.717, 1.165) is 25.1 Å². The number of rotatable bonds is 5. The van der Waals surface area contributed by atoms with Crippen molar-refractivity contribution in [3.63, 3.8) is 0 Å². The SMILES string of the molecule is CC(C)CCCOC(=O)c1cccc2c1OCCN2. The van der Waals surface area contributed by atoms with Crippen molar-refractivity contribution in [1.29, 1.82) is 0 Å². The van der Waals surface area contributed by atoms with Crippen LogP contribution in [-0.2, 0) is 4.74 Å². The molecular formula is C15H21NO3. The molecule has 0 saturated carbocycles. The first-order chi connectivity index (χ1) is 9.18. The highest BCUT2D eigenvalue weighted by molar-refractivity contribution is 5.95. The Kier molecular flexibility index (Phi) is 4.66. The molecule has 4 nitrogen and oxygen atoms in total. The predicted molar refractivity (Wildman–Crippen MR) is 74.8 cm³/mol. The maximum Gasteiger partial charge on any atom is 0.342 e. The van der Waals surface area contributed by atoms with Gasteiger partial charge in [-0.3, -0.25) is 0 Å². The maximum atomic E-state index is 12.0. The van der Waals surface area contributed by atoms with Crippen molar-refractivity contribution in [3.8, 4) is 5.75 Å². The number of benzene rings is 1. The van der Waals surface area contributed by atoms with Gasteiger partial charge in [0.05, 0.1) is 12.3 Å². The summed E-state index contributed by atoms with van der Waals surface area (Å²) in [7, 11) is 0. The van der Waals surface area contributed by atoms with Crippen molar-refractivity contribution >= 4 is 11.7 Å². The maximum absolute atomic E-state index is 12.0. The number of hydrogen-bond acceptors (Lipinski definition) is 4. The first kappa shape index (κ1) is 13.7. The minimum atomic E-state index is -0.302. The van der Waals surface area contributed by atoms with Crippen LogP contribution in [0.5, 0.6) is 5.75 Å². The Morgan fingerprint density at radius 3 is 3.11 bits per heavy atom. The fourth-order valence-electron chi connectivity index (χ4n) is 2.07. The van der Waals surface area contributed by atoms with E-state index in [1.54, 1.807) is 6.07 Å². The largest absolute Gasteiger partial charge is 0.489 e. The predicted octanol–water partition coefficient (Wildman–Crippen LogP) is 3.08. The molecule has 2 rings (SSSR count). The number of para-hydroxylation sites is 1. The van der Waals surface area contributed by atoms with E-state index in [-0.39, 0.29) is 5.97 Å². The zero-order chi connectivity index (χ0) is 13.7. The number of esters is 1. The second-order valence-electron chi connectivity index (χ2n) is 5.13. The summed E-state index contributed by atoms with van der Waals surface area (Å²) in [5.41, 5.74) is 1.37. The van der Waals surface area contributed by atoms with Crippen molar-refractivity contribution in [3.05, 3.63) is 23.8 Å². The molecule has 19 heavy (non-hydrogen) atoms. The lowest BCUT2D eigenvalue weighted by atomic mass is 10.1. The fraction of sp³-hybridized carbons (Fsp3) is 0.533. The number of anilines is 1. The van der Waals surface area contributed by atoms with Crippen LogP contribution in [0.15, 0.2) is 18.2 Å². The Morgan fingerprint density at radius 2 is 2.32 bits per heavy atom. The minimum Gasteiger partial charge on any atom is -0.489 e. The molecule has 0 aromatic heterocycles.